The number of nitrogens with one attached hydrogen (secondary N) is 4. The SMILES string of the molecule is C[C@@H]1CCCC[C@@]12NC(=O)N(CC(=O)Nc1ccc3[nH]c(=O)[nH]c3c1)C2=O. The second-order valence-corrected chi connectivity index (χ2v) is 7.33. The summed E-state index contributed by atoms with van der Waals surface area (Å²) in [6.07, 6.45) is 3.40. The van der Waals surface area contributed by atoms with Gasteiger partial charge in [-0.25, -0.2) is 9.59 Å². The third-order valence-corrected chi connectivity index (χ3v) is 5.60. The minimum atomic E-state index is -0.876. The standard InChI is InChI=1S/C18H21N5O4/c1-10-4-2-3-7-18(10)15(25)23(17(27)22-18)9-14(24)19-11-5-6-12-13(8-11)21-16(26)20-12/h5-6,8,10H,2-4,7,9H2,1H3,(H,19,24)(H,22,27)(H2,20,21,26)/t10-,18-/m1/s1. The molecule has 1 aromatic carbocycles. The smallest absolute Gasteiger partial charge is 0.324 e. The predicted octanol–water partition coefficient (Wildman–Crippen LogP) is 1.30. The summed E-state index contributed by atoms with van der Waals surface area (Å²) in [6, 6.07) is 4.40. The Morgan fingerprint density at radius 2 is 2.00 bits per heavy atom. The van der Waals surface area contributed by atoms with Gasteiger partial charge < -0.3 is 20.6 Å². The van der Waals surface area contributed by atoms with Gasteiger partial charge in [0.05, 0.1) is 11.0 Å². The summed E-state index contributed by atoms with van der Waals surface area (Å²) in [7, 11) is 0. The zero-order valence-corrected chi connectivity index (χ0v) is 14.9. The molecule has 1 saturated carbocycles. The van der Waals surface area contributed by atoms with Gasteiger partial charge in [-0.1, -0.05) is 19.8 Å². The molecule has 1 aliphatic heterocycles. The summed E-state index contributed by atoms with van der Waals surface area (Å²) < 4.78 is 0. The van der Waals surface area contributed by atoms with E-state index >= 15 is 0 Å². The lowest BCUT2D eigenvalue weighted by Gasteiger charge is -2.36. The quantitative estimate of drug-likeness (QED) is 0.606. The Labute approximate surface area is 154 Å². The van der Waals surface area contributed by atoms with Crippen molar-refractivity contribution < 1.29 is 14.4 Å². The van der Waals surface area contributed by atoms with Crippen molar-refractivity contribution in [3.63, 3.8) is 0 Å². The Kier molecular flexibility index (Phi) is 4.01. The zero-order valence-electron chi connectivity index (χ0n) is 14.9. The number of anilines is 1. The number of urea groups is 1. The van der Waals surface area contributed by atoms with E-state index in [1.54, 1.807) is 18.2 Å². The van der Waals surface area contributed by atoms with Crippen molar-refractivity contribution in [2.45, 2.75) is 38.1 Å². The van der Waals surface area contributed by atoms with Crippen molar-refractivity contribution in [2.75, 3.05) is 11.9 Å². The first-order valence-electron chi connectivity index (χ1n) is 9.05. The van der Waals surface area contributed by atoms with E-state index < -0.39 is 17.5 Å². The van der Waals surface area contributed by atoms with Crippen molar-refractivity contribution in [3.05, 3.63) is 28.7 Å². The summed E-state index contributed by atoms with van der Waals surface area (Å²) in [4.78, 5) is 55.1. The molecule has 4 amide bonds. The van der Waals surface area contributed by atoms with Gasteiger partial charge >= 0.3 is 11.7 Å². The normalized spacial score (nSPS) is 25.2. The van der Waals surface area contributed by atoms with Gasteiger partial charge in [-0.15, -0.1) is 0 Å². The highest BCUT2D eigenvalue weighted by atomic mass is 16.2. The molecule has 2 heterocycles. The van der Waals surface area contributed by atoms with E-state index in [0.29, 0.717) is 23.1 Å². The number of amides is 4. The molecule has 4 rings (SSSR count). The summed E-state index contributed by atoms with van der Waals surface area (Å²) in [6.45, 7) is 1.62. The van der Waals surface area contributed by atoms with Crippen LogP contribution >= 0.6 is 0 Å². The van der Waals surface area contributed by atoms with Crippen molar-refractivity contribution >= 4 is 34.6 Å². The first-order valence-corrected chi connectivity index (χ1v) is 9.05. The minimum Gasteiger partial charge on any atom is -0.324 e. The molecule has 1 saturated heterocycles. The Morgan fingerprint density at radius 3 is 2.78 bits per heavy atom. The molecule has 9 heteroatoms. The van der Waals surface area contributed by atoms with E-state index in [4.69, 9.17) is 0 Å². The zero-order chi connectivity index (χ0) is 19.2. The lowest BCUT2D eigenvalue weighted by molar-refractivity contribution is -0.136. The number of imidazole rings is 1. The van der Waals surface area contributed by atoms with Crippen LogP contribution < -0.4 is 16.3 Å². The number of benzene rings is 1. The highest BCUT2D eigenvalue weighted by Crippen LogP contribution is 2.38. The summed E-state index contributed by atoms with van der Waals surface area (Å²) in [5.74, 6) is -0.750. The fraction of sp³-hybridized carbons (Fsp3) is 0.444. The first kappa shape index (κ1) is 17.3. The number of aromatic amines is 2. The van der Waals surface area contributed by atoms with Crippen molar-refractivity contribution in [3.8, 4) is 0 Å². The third kappa shape index (κ3) is 2.88. The van der Waals surface area contributed by atoms with Crippen molar-refractivity contribution in [1.82, 2.24) is 20.2 Å². The lowest BCUT2D eigenvalue weighted by Crippen LogP contribution is -2.54. The fourth-order valence-electron chi connectivity index (χ4n) is 4.09. The molecule has 2 atom stereocenters. The molecule has 27 heavy (non-hydrogen) atoms. The number of imide groups is 1. The predicted molar refractivity (Wildman–Crippen MR) is 98.2 cm³/mol. The molecule has 2 aliphatic rings. The molecule has 2 aromatic rings. The van der Waals surface area contributed by atoms with Crippen LogP contribution in [0.1, 0.15) is 32.6 Å². The molecule has 1 spiro atoms. The maximum Gasteiger partial charge on any atom is 0.325 e. The number of carbonyl (C=O) groups excluding carboxylic acids is 3. The molecular formula is C18H21N5O4. The number of hydrogen-bond donors (Lipinski definition) is 4. The van der Waals surface area contributed by atoms with Crippen LogP contribution in [0, 0.1) is 5.92 Å². The van der Waals surface area contributed by atoms with E-state index in [1.807, 2.05) is 6.92 Å². The number of hydrogen-bond acceptors (Lipinski definition) is 4. The Hall–Kier alpha value is -3.10. The summed E-state index contributed by atoms with van der Waals surface area (Å²) in [5, 5.41) is 5.49. The van der Waals surface area contributed by atoms with Gasteiger partial charge in [0.1, 0.15) is 12.1 Å². The number of H-pyrrole nitrogens is 2. The summed E-state index contributed by atoms with van der Waals surface area (Å²) in [5.41, 5.74) is 0.442. The molecule has 1 aliphatic carbocycles. The van der Waals surface area contributed by atoms with Gasteiger partial charge in [0, 0.05) is 5.69 Å². The summed E-state index contributed by atoms with van der Waals surface area (Å²) >= 11 is 0. The molecule has 142 valence electrons. The molecule has 4 N–H and O–H groups in total. The Balaban J connectivity index is 1.47. The number of rotatable bonds is 3. The largest absolute Gasteiger partial charge is 0.325 e. The van der Waals surface area contributed by atoms with Gasteiger partial charge in [0.2, 0.25) is 5.91 Å². The van der Waals surface area contributed by atoms with E-state index in [-0.39, 0.29) is 24.1 Å². The number of aromatic nitrogens is 2. The van der Waals surface area contributed by atoms with E-state index in [0.717, 1.165) is 24.2 Å². The number of carbonyl (C=O) groups is 3. The molecule has 0 unspecified atom stereocenters. The molecule has 0 radical (unpaired) electrons. The van der Waals surface area contributed by atoms with E-state index in [2.05, 4.69) is 20.6 Å². The highest BCUT2D eigenvalue weighted by Gasteiger charge is 2.55. The van der Waals surface area contributed by atoms with Crippen LogP contribution in [0.15, 0.2) is 23.0 Å². The van der Waals surface area contributed by atoms with Crippen LogP contribution in [0.4, 0.5) is 10.5 Å². The second-order valence-electron chi connectivity index (χ2n) is 7.33. The van der Waals surface area contributed by atoms with Gasteiger partial charge in [0.25, 0.3) is 5.91 Å². The van der Waals surface area contributed by atoms with Crippen LogP contribution in [0.3, 0.4) is 0 Å². The maximum atomic E-state index is 12.9. The van der Waals surface area contributed by atoms with E-state index in [9.17, 15) is 19.2 Å². The molecule has 9 nitrogen and oxygen atoms in total. The highest BCUT2D eigenvalue weighted by molar-refractivity contribution is 6.10. The second kappa shape index (κ2) is 6.26. The Bertz CT molecular complexity index is 993. The van der Waals surface area contributed by atoms with Crippen LogP contribution in [-0.4, -0.2) is 44.8 Å². The fourth-order valence-corrected chi connectivity index (χ4v) is 4.09. The molecule has 2 fully saturated rings. The van der Waals surface area contributed by atoms with Gasteiger partial charge in [-0.2, -0.15) is 0 Å². The average molecular weight is 371 g/mol. The minimum absolute atomic E-state index is 0.0450. The first-order chi connectivity index (χ1) is 12.9. The molecular weight excluding hydrogens is 350 g/mol. The molecule has 1 aromatic heterocycles. The van der Waals surface area contributed by atoms with Crippen LogP contribution in [0.2, 0.25) is 0 Å². The topological polar surface area (TPSA) is 127 Å². The van der Waals surface area contributed by atoms with Gasteiger partial charge in [0.15, 0.2) is 0 Å². The number of fused-ring (bicyclic) bond motifs is 1. The Morgan fingerprint density at radius 1 is 1.22 bits per heavy atom. The van der Waals surface area contributed by atoms with E-state index in [1.165, 1.54) is 0 Å². The van der Waals surface area contributed by atoms with Gasteiger partial charge in [-0.05, 0) is 37.0 Å². The van der Waals surface area contributed by atoms with Crippen LogP contribution in [0.5, 0.6) is 0 Å². The van der Waals surface area contributed by atoms with Crippen molar-refractivity contribution in [1.29, 1.82) is 0 Å². The third-order valence-electron chi connectivity index (χ3n) is 5.60. The number of nitrogens with zero attached hydrogens (tertiary/aromatic N) is 1. The van der Waals surface area contributed by atoms with Crippen molar-refractivity contribution in [2.24, 2.45) is 5.92 Å². The van der Waals surface area contributed by atoms with Crippen LogP contribution in [0.25, 0.3) is 11.0 Å². The monoisotopic (exact) mass is 371 g/mol. The van der Waals surface area contributed by atoms with Gasteiger partial charge in [-0.3, -0.25) is 14.5 Å². The lowest BCUT2D eigenvalue weighted by atomic mass is 9.73. The average Bonchev–Trinajstić information content (AvgIpc) is 3.10. The molecule has 0 bridgehead atoms. The maximum absolute atomic E-state index is 12.9. The van der Waals surface area contributed by atoms with Crippen LogP contribution in [-0.2, 0) is 9.59 Å².